The molecule has 1 aliphatic heterocycles. The Morgan fingerprint density at radius 1 is 1.21 bits per heavy atom. The van der Waals surface area contributed by atoms with Crippen molar-refractivity contribution in [3.8, 4) is 16.3 Å². The molecule has 3 aromatic rings. The lowest BCUT2D eigenvalue weighted by Gasteiger charge is -2.27. The van der Waals surface area contributed by atoms with E-state index in [2.05, 4.69) is 4.98 Å². The first kappa shape index (κ1) is 23.4. The Hall–Kier alpha value is -2.78. The lowest BCUT2D eigenvalue weighted by molar-refractivity contribution is 0.0730. The van der Waals surface area contributed by atoms with Crippen LogP contribution < -0.4 is 4.74 Å². The number of rotatable bonds is 6. The van der Waals surface area contributed by atoms with Gasteiger partial charge in [-0.25, -0.2) is 17.8 Å². The zero-order valence-corrected chi connectivity index (χ0v) is 20.3. The maximum Gasteiger partial charge on any atom is 0.258 e. The number of hydrogen-bond donors (Lipinski definition) is 0. The highest BCUT2D eigenvalue weighted by Gasteiger charge is 2.28. The van der Waals surface area contributed by atoms with Crippen molar-refractivity contribution in [3.05, 3.63) is 64.4 Å². The van der Waals surface area contributed by atoms with Crippen LogP contribution in [0.5, 0.6) is 5.75 Å². The van der Waals surface area contributed by atoms with Crippen LogP contribution in [0, 0.1) is 11.7 Å². The first-order valence-corrected chi connectivity index (χ1v) is 13.3. The van der Waals surface area contributed by atoms with Crippen molar-refractivity contribution in [2.24, 2.45) is 5.92 Å². The largest absolute Gasteiger partial charge is 0.492 e. The number of carbonyl (C=O) groups is 1. The van der Waals surface area contributed by atoms with Crippen LogP contribution in [0.25, 0.3) is 10.6 Å². The number of ether oxygens (including phenoxy) is 1. The number of aromatic nitrogens is 1. The van der Waals surface area contributed by atoms with Gasteiger partial charge in [0.15, 0.2) is 9.84 Å². The number of fused-ring (bicyclic) bond motifs is 1. The lowest BCUT2D eigenvalue weighted by Crippen LogP contribution is -2.35. The number of hydrogen-bond acceptors (Lipinski definition) is 6. The Kier molecular flexibility index (Phi) is 6.54. The number of amides is 1. The smallest absolute Gasteiger partial charge is 0.258 e. The molecule has 0 saturated heterocycles. The van der Waals surface area contributed by atoms with Gasteiger partial charge in [-0.05, 0) is 48.4 Å². The van der Waals surface area contributed by atoms with Crippen molar-refractivity contribution in [2.45, 2.75) is 31.7 Å². The summed E-state index contributed by atoms with van der Waals surface area (Å²) >= 11 is 1.48. The summed E-state index contributed by atoms with van der Waals surface area (Å²) in [6.07, 6.45) is 1.71. The fourth-order valence-corrected chi connectivity index (χ4v) is 5.32. The van der Waals surface area contributed by atoms with Crippen LogP contribution in [0.1, 0.15) is 34.8 Å². The Balaban J connectivity index is 1.62. The summed E-state index contributed by atoms with van der Waals surface area (Å²) in [5.41, 5.74) is 2.01. The molecular weight excluding hydrogens is 463 g/mol. The van der Waals surface area contributed by atoms with Gasteiger partial charge in [-0.2, -0.15) is 0 Å². The molecule has 0 fully saturated rings. The summed E-state index contributed by atoms with van der Waals surface area (Å²) in [5, 5.41) is 0.786. The molecule has 0 spiro atoms. The first-order valence-electron chi connectivity index (χ1n) is 10.6. The summed E-state index contributed by atoms with van der Waals surface area (Å²) in [4.78, 5) is 20.9. The first-order chi connectivity index (χ1) is 15.6. The van der Waals surface area contributed by atoms with Crippen molar-refractivity contribution in [1.29, 1.82) is 0 Å². The van der Waals surface area contributed by atoms with Crippen LogP contribution in [-0.4, -0.2) is 43.6 Å². The number of sulfone groups is 1. The topological polar surface area (TPSA) is 76.6 Å². The number of halogens is 1. The van der Waals surface area contributed by atoms with Crippen LogP contribution >= 0.6 is 11.3 Å². The van der Waals surface area contributed by atoms with E-state index in [0.29, 0.717) is 31.9 Å². The minimum Gasteiger partial charge on any atom is -0.492 e. The molecule has 33 heavy (non-hydrogen) atoms. The van der Waals surface area contributed by atoms with E-state index in [4.69, 9.17) is 4.74 Å². The molecule has 0 bridgehead atoms. The van der Waals surface area contributed by atoms with Gasteiger partial charge in [0.1, 0.15) is 16.6 Å². The van der Waals surface area contributed by atoms with Gasteiger partial charge in [-0.15, -0.1) is 11.3 Å². The molecule has 2 aromatic carbocycles. The van der Waals surface area contributed by atoms with E-state index in [-0.39, 0.29) is 28.1 Å². The molecule has 2 heterocycles. The summed E-state index contributed by atoms with van der Waals surface area (Å²) in [5.74, 6) is 0.0515. The van der Waals surface area contributed by atoms with Gasteiger partial charge in [-0.1, -0.05) is 13.8 Å². The van der Waals surface area contributed by atoms with Gasteiger partial charge in [0.25, 0.3) is 5.91 Å². The van der Waals surface area contributed by atoms with E-state index in [1.54, 1.807) is 23.1 Å². The highest BCUT2D eigenvalue weighted by atomic mass is 32.2. The number of benzene rings is 2. The third kappa shape index (κ3) is 5.25. The molecule has 6 nitrogen and oxygen atoms in total. The van der Waals surface area contributed by atoms with E-state index in [0.717, 1.165) is 27.4 Å². The predicted octanol–water partition coefficient (Wildman–Crippen LogP) is 4.59. The van der Waals surface area contributed by atoms with Gasteiger partial charge >= 0.3 is 0 Å². The average Bonchev–Trinajstić information content (AvgIpc) is 3.20. The Morgan fingerprint density at radius 2 is 1.94 bits per heavy atom. The fraction of sp³-hybridized carbons (Fsp3) is 0.333. The van der Waals surface area contributed by atoms with Gasteiger partial charge in [0.05, 0.1) is 29.3 Å². The quantitative estimate of drug-likeness (QED) is 0.507. The van der Waals surface area contributed by atoms with Crippen LogP contribution in [0.4, 0.5) is 4.39 Å². The molecule has 1 aromatic heterocycles. The van der Waals surface area contributed by atoms with Crippen molar-refractivity contribution in [1.82, 2.24) is 9.88 Å². The fourth-order valence-electron chi connectivity index (χ4n) is 3.54. The standard InChI is InChI=1S/C24H25FN2O4S2/c1-15(2)14-31-21-9-8-18(33(3,29)30)12-19(21)24(28)27-11-10-20-22(13-27)32-23(26-20)16-4-6-17(25)7-5-16/h4-9,12,15H,10-11,13-14H2,1-3H3. The summed E-state index contributed by atoms with van der Waals surface area (Å²) in [6.45, 7) is 5.26. The minimum atomic E-state index is -3.48. The maximum absolute atomic E-state index is 13.5. The molecule has 0 radical (unpaired) electrons. The third-order valence-corrected chi connectivity index (χ3v) is 7.53. The normalized spacial score (nSPS) is 13.8. The number of nitrogens with zero attached hydrogens (tertiary/aromatic N) is 2. The molecule has 1 aliphatic rings. The second kappa shape index (κ2) is 9.23. The molecule has 4 rings (SSSR count). The SMILES string of the molecule is CC(C)COc1ccc(S(C)(=O)=O)cc1C(=O)N1CCc2nc(-c3ccc(F)cc3)sc2C1. The Bertz CT molecular complexity index is 1280. The monoisotopic (exact) mass is 488 g/mol. The van der Waals surface area contributed by atoms with Gasteiger partial charge in [0.2, 0.25) is 0 Å². The zero-order valence-electron chi connectivity index (χ0n) is 18.7. The van der Waals surface area contributed by atoms with Gasteiger partial charge in [0, 0.05) is 29.7 Å². The minimum absolute atomic E-state index is 0.0804. The lowest BCUT2D eigenvalue weighted by atomic mass is 10.1. The second-order valence-electron chi connectivity index (χ2n) is 8.51. The molecule has 0 aliphatic carbocycles. The summed E-state index contributed by atoms with van der Waals surface area (Å²) in [6, 6.07) is 10.6. The van der Waals surface area contributed by atoms with Crippen LogP contribution in [0.3, 0.4) is 0 Å². The second-order valence-corrected chi connectivity index (χ2v) is 11.6. The van der Waals surface area contributed by atoms with E-state index in [9.17, 15) is 17.6 Å². The third-order valence-electron chi connectivity index (χ3n) is 5.29. The molecule has 1 amide bonds. The van der Waals surface area contributed by atoms with E-state index < -0.39 is 9.84 Å². The Labute approximate surface area is 197 Å². The maximum atomic E-state index is 13.5. The van der Waals surface area contributed by atoms with Crippen LogP contribution in [0.15, 0.2) is 47.4 Å². The van der Waals surface area contributed by atoms with Crippen LogP contribution in [-0.2, 0) is 22.8 Å². The Morgan fingerprint density at radius 3 is 2.61 bits per heavy atom. The number of carbonyl (C=O) groups excluding carboxylic acids is 1. The van der Waals surface area contributed by atoms with Crippen molar-refractivity contribution in [2.75, 3.05) is 19.4 Å². The highest BCUT2D eigenvalue weighted by Crippen LogP contribution is 2.33. The molecule has 174 valence electrons. The summed E-state index contributed by atoms with van der Waals surface area (Å²) < 4.78 is 43.3. The highest BCUT2D eigenvalue weighted by molar-refractivity contribution is 7.90. The number of thiazole rings is 1. The van der Waals surface area contributed by atoms with Gasteiger partial charge < -0.3 is 9.64 Å². The molecule has 0 unspecified atom stereocenters. The molecule has 0 N–H and O–H groups in total. The zero-order chi connectivity index (χ0) is 23.8. The average molecular weight is 489 g/mol. The molecule has 9 heteroatoms. The molecular formula is C24H25FN2O4S2. The van der Waals surface area contributed by atoms with Crippen molar-refractivity contribution >= 4 is 27.1 Å². The van der Waals surface area contributed by atoms with Crippen molar-refractivity contribution < 1.29 is 22.3 Å². The molecule has 0 saturated carbocycles. The van der Waals surface area contributed by atoms with Gasteiger partial charge in [-0.3, -0.25) is 4.79 Å². The van der Waals surface area contributed by atoms with E-state index in [1.807, 2.05) is 13.8 Å². The summed E-state index contributed by atoms with van der Waals surface area (Å²) in [7, 11) is -3.48. The predicted molar refractivity (Wildman–Crippen MR) is 126 cm³/mol. The van der Waals surface area contributed by atoms with Crippen LogP contribution in [0.2, 0.25) is 0 Å². The van der Waals surface area contributed by atoms with Crippen molar-refractivity contribution in [3.63, 3.8) is 0 Å². The molecule has 0 atom stereocenters. The van der Waals surface area contributed by atoms with E-state index >= 15 is 0 Å². The van der Waals surface area contributed by atoms with E-state index in [1.165, 1.54) is 35.6 Å².